The third-order valence-electron chi connectivity index (χ3n) is 5.52. The number of aryl methyl sites for hydroxylation is 1. The van der Waals surface area contributed by atoms with E-state index in [0.29, 0.717) is 24.5 Å². The van der Waals surface area contributed by atoms with Gasteiger partial charge in [0.05, 0.1) is 26.0 Å². The molecule has 1 fully saturated rings. The van der Waals surface area contributed by atoms with Gasteiger partial charge in [-0.3, -0.25) is 9.59 Å². The van der Waals surface area contributed by atoms with Crippen LogP contribution in [0.25, 0.3) is 0 Å². The van der Waals surface area contributed by atoms with Gasteiger partial charge in [0.25, 0.3) is 0 Å². The summed E-state index contributed by atoms with van der Waals surface area (Å²) >= 11 is 1.56. The van der Waals surface area contributed by atoms with Gasteiger partial charge in [-0.15, -0.1) is 11.8 Å². The number of nitrogens with zero attached hydrogens (tertiary/aromatic N) is 1. The van der Waals surface area contributed by atoms with Crippen molar-refractivity contribution in [3.8, 4) is 11.5 Å². The quantitative estimate of drug-likeness (QED) is 0.360. The summed E-state index contributed by atoms with van der Waals surface area (Å²) in [5.74, 6) is 1.23. The zero-order chi connectivity index (χ0) is 22.8. The highest BCUT2D eigenvalue weighted by molar-refractivity contribution is 8.00. The summed E-state index contributed by atoms with van der Waals surface area (Å²) in [6.07, 6.45) is 5.90. The fraction of sp³-hybridized carbons (Fsp3) is 0.440. The topological polar surface area (TPSA) is 67.9 Å². The van der Waals surface area contributed by atoms with Crippen LogP contribution in [0.15, 0.2) is 53.4 Å². The van der Waals surface area contributed by atoms with Crippen molar-refractivity contribution in [1.29, 1.82) is 0 Å². The number of methoxy groups -OCH3 is 2. The predicted molar refractivity (Wildman–Crippen MR) is 127 cm³/mol. The van der Waals surface area contributed by atoms with Crippen molar-refractivity contribution in [3.05, 3.63) is 54.1 Å². The Kier molecular flexibility index (Phi) is 9.28. The van der Waals surface area contributed by atoms with Crippen LogP contribution < -0.4 is 14.8 Å². The van der Waals surface area contributed by atoms with Crippen LogP contribution in [0.4, 0.5) is 0 Å². The number of nitrogens with one attached hydrogen (secondary N) is 1. The molecular formula is C25H32N2O4S. The maximum Gasteiger partial charge on any atom is 0.239 e. The van der Waals surface area contributed by atoms with Crippen LogP contribution in [-0.2, 0) is 16.0 Å². The molecule has 1 aliphatic heterocycles. The Morgan fingerprint density at radius 3 is 2.50 bits per heavy atom. The summed E-state index contributed by atoms with van der Waals surface area (Å²) in [7, 11) is 3.19. The molecule has 1 aliphatic rings. The average molecular weight is 457 g/mol. The molecule has 2 aromatic carbocycles. The van der Waals surface area contributed by atoms with Gasteiger partial charge in [0.2, 0.25) is 11.8 Å². The van der Waals surface area contributed by atoms with Crippen LogP contribution in [0.2, 0.25) is 0 Å². The number of carbonyl (C=O) groups excluding carboxylic acids is 2. The van der Waals surface area contributed by atoms with E-state index in [1.165, 1.54) is 5.56 Å². The molecule has 6 nitrogen and oxygen atoms in total. The van der Waals surface area contributed by atoms with E-state index in [9.17, 15) is 9.59 Å². The van der Waals surface area contributed by atoms with Crippen LogP contribution in [-0.4, -0.2) is 49.4 Å². The Morgan fingerprint density at radius 1 is 1.03 bits per heavy atom. The van der Waals surface area contributed by atoms with Crippen molar-refractivity contribution in [2.45, 2.75) is 48.8 Å². The van der Waals surface area contributed by atoms with Crippen LogP contribution >= 0.6 is 11.8 Å². The van der Waals surface area contributed by atoms with Gasteiger partial charge in [0.15, 0.2) is 11.5 Å². The number of ether oxygens (including phenoxy) is 2. The predicted octanol–water partition coefficient (Wildman–Crippen LogP) is 4.27. The van der Waals surface area contributed by atoms with Gasteiger partial charge in [-0.2, -0.15) is 0 Å². The van der Waals surface area contributed by atoms with Crippen LogP contribution in [0, 0.1) is 0 Å². The molecule has 7 heteroatoms. The van der Waals surface area contributed by atoms with E-state index in [-0.39, 0.29) is 23.7 Å². The number of β-lactam (4-membered cyclic amide) rings is 1. The minimum absolute atomic E-state index is 0.0130. The highest BCUT2D eigenvalue weighted by Gasteiger charge is 2.37. The van der Waals surface area contributed by atoms with Crippen molar-refractivity contribution in [2.24, 2.45) is 0 Å². The number of benzene rings is 2. The Bertz CT molecular complexity index is 891. The standard InChI is InChI=1S/C25H32N2O4S/c1-30-21-14-13-20(16-22(21)31-2)32-25-17-24(29)27(25)18-23(28)26-15-9-4-3-6-10-19-11-7-5-8-12-19/h5,7-8,11-14,16,25H,3-4,6,9-10,15,17-18H2,1-2H3,(H,26,28). The van der Waals surface area contributed by atoms with Gasteiger partial charge in [-0.1, -0.05) is 43.2 Å². The summed E-state index contributed by atoms with van der Waals surface area (Å²) in [4.78, 5) is 26.9. The van der Waals surface area contributed by atoms with Gasteiger partial charge in [-0.25, -0.2) is 0 Å². The molecule has 1 N–H and O–H groups in total. The number of amides is 2. The second-order valence-electron chi connectivity index (χ2n) is 7.81. The lowest BCUT2D eigenvalue weighted by Crippen LogP contribution is -2.54. The van der Waals surface area contributed by atoms with Crippen molar-refractivity contribution >= 4 is 23.6 Å². The molecule has 172 valence electrons. The molecule has 0 spiro atoms. The van der Waals surface area contributed by atoms with Gasteiger partial charge < -0.3 is 19.7 Å². The molecule has 1 atom stereocenters. The fourth-order valence-electron chi connectivity index (χ4n) is 3.66. The van der Waals surface area contributed by atoms with Gasteiger partial charge in [-0.05, 0) is 43.0 Å². The maximum atomic E-state index is 12.3. The fourth-order valence-corrected chi connectivity index (χ4v) is 4.84. The van der Waals surface area contributed by atoms with E-state index in [4.69, 9.17) is 9.47 Å². The lowest BCUT2D eigenvalue weighted by Gasteiger charge is -2.39. The Balaban J connectivity index is 1.33. The van der Waals surface area contributed by atoms with Crippen molar-refractivity contribution < 1.29 is 19.1 Å². The summed E-state index contributed by atoms with van der Waals surface area (Å²) < 4.78 is 10.6. The smallest absolute Gasteiger partial charge is 0.239 e. The number of hydrogen-bond donors (Lipinski definition) is 1. The lowest BCUT2D eigenvalue weighted by atomic mass is 10.1. The van der Waals surface area contributed by atoms with E-state index < -0.39 is 0 Å². The van der Waals surface area contributed by atoms with Crippen LogP contribution in [0.1, 0.15) is 37.7 Å². The van der Waals surface area contributed by atoms with Crippen LogP contribution in [0.5, 0.6) is 11.5 Å². The molecule has 0 aliphatic carbocycles. The number of thioether (sulfide) groups is 1. The summed E-state index contributed by atoms with van der Waals surface area (Å²) in [5, 5.41) is 2.91. The number of carbonyl (C=O) groups is 2. The second-order valence-corrected chi connectivity index (χ2v) is 9.07. The SMILES string of the molecule is COc1ccc(SC2CC(=O)N2CC(=O)NCCCCCCc2ccccc2)cc1OC. The maximum absolute atomic E-state index is 12.3. The zero-order valence-electron chi connectivity index (χ0n) is 18.8. The molecule has 0 aromatic heterocycles. The minimum Gasteiger partial charge on any atom is -0.493 e. The molecule has 1 heterocycles. The molecule has 32 heavy (non-hydrogen) atoms. The van der Waals surface area contributed by atoms with E-state index in [0.717, 1.165) is 37.0 Å². The highest BCUT2D eigenvalue weighted by atomic mass is 32.2. The molecule has 0 saturated carbocycles. The highest BCUT2D eigenvalue weighted by Crippen LogP contribution is 2.38. The minimum atomic E-state index is -0.0970. The Hall–Kier alpha value is -2.67. The zero-order valence-corrected chi connectivity index (χ0v) is 19.7. The molecule has 1 unspecified atom stereocenters. The molecule has 0 bridgehead atoms. The normalized spacial score (nSPS) is 15.2. The number of rotatable bonds is 13. The lowest BCUT2D eigenvalue weighted by molar-refractivity contribution is -0.145. The van der Waals surface area contributed by atoms with Gasteiger partial charge in [0, 0.05) is 11.4 Å². The summed E-state index contributed by atoms with van der Waals surface area (Å²) in [6, 6.07) is 16.2. The first-order valence-corrected chi connectivity index (χ1v) is 12.0. The van der Waals surface area contributed by atoms with E-state index >= 15 is 0 Å². The summed E-state index contributed by atoms with van der Waals surface area (Å²) in [5.41, 5.74) is 1.38. The third kappa shape index (κ3) is 6.92. The van der Waals surface area contributed by atoms with Gasteiger partial charge >= 0.3 is 0 Å². The number of unbranched alkanes of at least 4 members (excludes halogenated alkanes) is 3. The number of hydrogen-bond acceptors (Lipinski definition) is 5. The van der Waals surface area contributed by atoms with E-state index in [1.807, 2.05) is 24.3 Å². The van der Waals surface area contributed by atoms with Crippen molar-refractivity contribution in [3.63, 3.8) is 0 Å². The molecule has 2 amide bonds. The third-order valence-corrected chi connectivity index (χ3v) is 6.73. The molecule has 3 rings (SSSR count). The van der Waals surface area contributed by atoms with Crippen molar-refractivity contribution in [2.75, 3.05) is 27.3 Å². The van der Waals surface area contributed by atoms with Gasteiger partial charge in [0.1, 0.15) is 6.54 Å². The largest absolute Gasteiger partial charge is 0.493 e. The second kappa shape index (κ2) is 12.4. The first kappa shape index (κ1) is 24.0. The van der Waals surface area contributed by atoms with E-state index in [2.05, 4.69) is 29.6 Å². The molecule has 2 aromatic rings. The molecule has 1 saturated heterocycles. The van der Waals surface area contributed by atoms with Crippen molar-refractivity contribution in [1.82, 2.24) is 10.2 Å². The average Bonchev–Trinajstić information content (AvgIpc) is 2.82. The monoisotopic (exact) mass is 456 g/mol. The number of likely N-dealkylation sites (tertiary alicyclic amines) is 1. The first-order valence-electron chi connectivity index (χ1n) is 11.1. The first-order chi connectivity index (χ1) is 15.6. The Labute approximate surface area is 194 Å². The molecular weight excluding hydrogens is 424 g/mol. The van der Waals surface area contributed by atoms with E-state index in [1.54, 1.807) is 30.9 Å². The van der Waals surface area contributed by atoms with Crippen LogP contribution in [0.3, 0.4) is 0 Å². The summed E-state index contributed by atoms with van der Waals surface area (Å²) in [6.45, 7) is 0.761. The Morgan fingerprint density at radius 2 is 1.78 bits per heavy atom. The molecule has 0 radical (unpaired) electrons.